The molecule has 0 fully saturated rings. The average Bonchev–Trinajstić information content (AvgIpc) is 3.13. The predicted octanol–water partition coefficient (Wildman–Crippen LogP) is 3.83. The zero-order valence-electron chi connectivity index (χ0n) is 16.7. The zero-order valence-corrected chi connectivity index (χ0v) is 18.3. The maximum atomic E-state index is 13.0. The topological polar surface area (TPSA) is 72.3 Å². The third kappa shape index (κ3) is 3.95. The van der Waals surface area contributed by atoms with Gasteiger partial charge < -0.3 is 9.36 Å². The van der Waals surface area contributed by atoms with E-state index in [1.807, 2.05) is 35.0 Å². The Labute approximate surface area is 180 Å². The van der Waals surface area contributed by atoms with Gasteiger partial charge in [0, 0.05) is 41.3 Å². The Bertz CT molecular complexity index is 1200. The van der Waals surface area contributed by atoms with Crippen LogP contribution in [0.5, 0.6) is 0 Å². The number of thioether (sulfide) groups is 1. The summed E-state index contributed by atoms with van der Waals surface area (Å²) in [6.07, 6.45) is 8.90. The zero-order chi connectivity index (χ0) is 21.1. The van der Waals surface area contributed by atoms with Crippen LogP contribution in [0, 0.1) is 0 Å². The number of aldehydes is 1. The second-order valence-corrected chi connectivity index (χ2v) is 10.3. The first-order valence-corrected chi connectivity index (χ1v) is 12.3. The molecule has 2 aromatic heterocycles. The van der Waals surface area contributed by atoms with E-state index in [1.165, 1.54) is 4.31 Å². The molecule has 0 bridgehead atoms. The summed E-state index contributed by atoms with van der Waals surface area (Å²) in [6, 6.07) is 9.04. The standard InChI is InChI=1S/C22H23N3O3S2/c1-2-29-18-3-5-19(6-4-18)30(27,28)25-11-8-17(9-12-25)21-16-24(13-14-26)22-15-23-10-7-20(21)22/h3-8,10,14-16H,2,9,11-13H2,1H3. The summed E-state index contributed by atoms with van der Waals surface area (Å²) in [5.41, 5.74) is 3.03. The molecule has 0 aliphatic carbocycles. The normalized spacial score (nSPS) is 15.3. The fraction of sp³-hybridized carbons (Fsp3) is 0.273. The quantitative estimate of drug-likeness (QED) is 0.412. The van der Waals surface area contributed by atoms with E-state index in [0.717, 1.165) is 39.0 Å². The maximum Gasteiger partial charge on any atom is 0.243 e. The lowest BCUT2D eigenvalue weighted by atomic mass is 10.0. The van der Waals surface area contributed by atoms with Crippen LogP contribution < -0.4 is 0 Å². The number of carbonyl (C=O) groups excluding carboxylic acids is 1. The van der Waals surface area contributed by atoms with Crippen LogP contribution in [0.15, 0.2) is 64.8 Å². The van der Waals surface area contributed by atoms with Crippen molar-refractivity contribution in [1.29, 1.82) is 0 Å². The second-order valence-electron chi connectivity index (χ2n) is 7.00. The SMILES string of the molecule is CCSc1ccc(S(=O)(=O)N2CC=C(c3cn(CC=O)c4cnccc34)CC2)cc1. The highest BCUT2D eigenvalue weighted by molar-refractivity contribution is 7.99. The number of rotatable bonds is 7. The minimum absolute atomic E-state index is 0.266. The van der Waals surface area contributed by atoms with Crippen molar-refractivity contribution in [3.05, 3.63) is 60.6 Å². The fourth-order valence-corrected chi connectivity index (χ4v) is 5.80. The number of hydrogen-bond acceptors (Lipinski definition) is 5. The van der Waals surface area contributed by atoms with Crippen LogP contribution in [0.1, 0.15) is 18.9 Å². The van der Waals surface area contributed by atoms with Crippen LogP contribution >= 0.6 is 11.8 Å². The minimum atomic E-state index is -3.53. The summed E-state index contributed by atoms with van der Waals surface area (Å²) in [4.78, 5) is 16.6. The van der Waals surface area contributed by atoms with Crippen molar-refractivity contribution in [1.82, 2.24) is 13.9 Å². The number of aromatic nitrogens is 2. The lowest BCUT2D eigenvalue weighted by Crippen LogP contribution is -2.34. The molecule has 0 amide bonds. The van der Waals surface area contributed by atoms with Crippen molar-refractivity contribution in [3.63, 3.8) is 0 Å². The van der Waals surface area contributed by atoms with Crippen molar-refractivity contribution >= 4 is 44.5 Å². The summed E-state index contributed by atoms with van der Waals surface area (Å²) in [5, 5.41) is 1.03. The Morgan fingerprint density at radius 3 is 2.67 bits per heavy atom. The van der Waals surface area contributed by atoms with Gasteiger partial charge in [-0.3, -0.25) is 4.98 Å². The van der Waals surface area contributed by atoms with Crippen LogP contribution in [-0.2, 0) is 21.4 Å². The van der Waals surface area contributed by atoms with E-state index < -0.39 is 10.0 Å². The summed E-state index contributed by atoms with van der Waals surface area (Å²) in [7, 11) is -3.53. The van der Waals surface area contributed by atoms with E-state index in [4.69, 9.17) is 0 Å². The smallest absolute Gasteiger partial charge is 0.243 e. The predicted molar refractivity (Wildman–Crippen MR) is 120 cm³/mol. The molecule has 8 heteroatoms. The van der Waals surface area contributed by atoms with Crippen LogP contribution in [0.25, 0.3) is 16.5 Å². The number of nitrogens with zero attached hydrogens (tertiary/aromatic N) is 3. The summed E-state index contributed by atoms with van der Waals surface area (Å²) >= 11 is 1.69. The molecule has 3 aromatic rings. The molecular formula is C22H23N3O3S2. The number of fused-ring (bicyclic) bond motifs is 1. The third-order valence-corrected chi connectivity index (χ3v) is 8.02. The summed E-state index contributed by atoms with van der Waals surface area (Å²) in [5.74, 6) is 0.950. The molecule has 0 radical (unpaired) electrons. The summed E-state index contributed by atoms with van der Waals surface area (Å²) in [6.45, 7) is 3.09. The van der Waals surface area contributed by atoms with Crippen LogP contribution in [0.3, 0.4) is 0 Å². The molecule has 6 nitrogen and oxygen atoms in total. The number of hydrogen-bond donors (Lipinski definition) is 0. The molecule has 3 heterocycles. The number of sulfonamides is 1. The van der Waals surface area contributed by atoms with Gasteiger partial charge in [-0.15, -0.1) is 11.8 Å². The van der Waals surface area contributed by atoms with Crippen LogP contribution in [0.4, 0.5) is 0 Å². The van der Waals surface area contributed by atoms with Gasteiger partial charge >= 0.3 is 0 Å². The number of carbonyl (C=O) groups is 1. The first-order chi connectivity index (χ1) is 14.5. The van der Waals surface area contributed by atoms with Gasteiger partial charge in [0.2, 0.25) is 10.0 Å². The van der Waals surface area contributed by atoms with Gasteiger partial charge in [0.1, 0.15) is 6.29 Å². The third-order valence-electron chi connectivity index (χ3n) is 5.25. The highest BCUT2D eigenvalue weighted by Crippen LogP contribution is 2.32. The van der Waals surface area contributed by atoms with Gasteiger partial charge in [-0.25, -0.2) is 8.42 Å². The molecule has 0 saturated carbocycles. The number of benzene rings is 1. The van der Waals surface area contributed by atoms with Gasteiger partial charge in [-0.1, -0.05) is 13.0 Å². The summed E-state index contributed by atoms with van der Waals surface area (Å²) < 4.78 is 29.5. The molecule has 0 N–H and O–H groups in total. The van der Waals surface area contributed by atoms with Gasteiger partial charge in [0.05, 0.1) is 23.2 Å². The van der Waals surface area contributed by atoms with Crippen LogP contribution in [-0.4, -0.2) is 47.4 Å². The highest BCUT2D eigenvalue weighted by Gasteiger charge is 2.27. The van der Waals surface area contributed by atoms with Crippen molar-refractivity contribution in [2.45, 2.75) is 29.7 Å². The second kappa shape index (κ2) is 8.75. The largest absolute Gasteiger partial charge is 0.338 e. The first-order valence-electron chi connectivity index (χ1n) is 9.83. The van der Waals surface area contributed by atoms with E-state index in [-0.39, 0.29) is 6.54 Å². The lowest BCUT2D eigenvalue weighted by molar-refractivity contribution is -0.108. The molecule has 0 unspecified atom stereocenters. The molecule has 4 rings (SSSR count). The lowest BCUT2D eigenvalue weighted by Gasteiger charge is -2.26. The van der Waals surface area contributed by atoms with E-state index in [0.29, 0.717) is 24.4 Å². The molecule has 0 spiro atoms. The van der Waals surface area contributed by atoms with E-state index in [9.17, 15) is 13.2 Å². The Morgan fingerprint density at radius 1 is 1.20 bits per heavy atom. The van der Waals surface area contributed by atoms with Gasteiger partial charge in [0.15, 0.2) is 0 Å². The van der Waals surface area contributed by atoms with Crippen molar-refractivity contribution in [2.75, 3.05) is 18.8 Å². The van der Waals surface area contributed by atoms with Crippen LogP contribution in [0.2, 0.25) is 0 Å². The van der Waals surface area contributed by atoms with Crippen molar-refractivity contribution < 1.29 is 13.2 Å². The molecule has 0 saturated heterocycles. The van der Waals surface area contributed by atoms with Gasteiger partial charge in [-0.2, -0.15) is 4.31 Å². The van der Waals surface area contributed by atoms with Crippen molar-refractivity contribution in [2.24, 2.45) is 0 Å². The minimum Gasteiger partial charge on any atom is -0.338 e. The van der Waals surface area contributed by atoms with E-state index >= 15 is 0 Å². The Hall–Kier alpha value is -2.42. The highest BCUT2D eigenvalue weighted by atomic mass is 32.2. The van der Waals surface area contributed by atoms with Gasteiger partial charge in [0.25, 0.3) is 0 Å². The molecule has 30 heavy (non-hydrogen) atoms. The number of pyridine rings is 1. The molecule has 156 valence electrons. The Balaban J connectivity index is 1.58. The Kier molecular flexibility index (Phi) is 6.08. The van der Waals surface area contributed by atoms with E-state index in [2.05, 4.69) is 11.9 Å². The Morgan fingerprint density at radius 2 is 2.00 bits per heavy atom. The van der Waals surface area contributed by atoms with Crippen molar-refractivity contribution in [3.8, 4) is 0 Å². The fourth-order valence-electron chi connectivity index (χ4n) is 3.76. The molecule has 1 aliphatic heterocycles. The average molecular weight is 442 g/mol. The molecule has 0 atom stereocenters. The van der Waals surface area contributed by atoms with Gasteiger partial charge in [-0.05, 0) is 48.1 Å². The first kappa shape index (κ1) is 20.8. The monoisotopic (exact) mass is 441 g/mol. The maximum absolute atomic E-state index is 13.0. The van der Waals surface area contributed by atoms with E-state index in [1.54, 1.807) is 36.3 Å². The molecular weight excluding hydrogens is 418 g/mol. The molecule has 1 aliphatic rings. The molecule has 1 aromatic carbocycles.